The Morgan fingerprint density at radius 2 is 1.70 bits per heavy atom. The maximum absolute atomic E-state index is 13.6. The molecule has 1 heterocycles. The van der Waals surface area contributed by atoms with Gasteiger partial charge >= 0.3 is 6.18 Å². The predicted molar refractivity (Wildman–Crippen MR) is 93.1 cm³/mol. The third-order valence-corrected chi connectivity index (χ3v) is 3.69. The average molecular weight is 377 g/mol. The van der Waals surface area contributed by atoms with E-state index in [0.29, 0.717) is 18.5 Å². The monoisotopic (exact) mass is 377 g/mol. The number of hydrogen-bond acceptors (Lipinski definition) is 5. The molecule has 0 saturated heterocycles. The molecule has 9 heteroatoms. The quantitative estimate of drug-likeness (QED) is 0.623. The zero-order valence-corrected chi connectivity index (χ0v) is 14.0. The maximum Gasteiger partial charge on any atom is 0.418 e. The second-order valence-electron chi connectivity index (χ2n) is 5.60. The van der Waals surface area contributed by atoms with E-state index in [1.54, 1.807) is 18.2 Å². The number of alkyl halides is 3. The molecule has 3 aromatic rings. The molecule has 3 rings (SSSR count). The molecular formula is C18H15F4N5. The third-order valence-electron chi connectivity index (χ3n) is 3.69. The molecule has 0 aliphatic carbocycles. The minimum absolute atomic E-state index is 0.107. The lowest BCUT2D eigenvalue weighted by Gasteiger charge is -2.14. The van der Waals surface area contributed by atoms with Gasteiger partial charge in [-0.25, -0.2) is 4.39 Å². The summed E-state index contributed by atoms with van der Waals surface area (Å²) in [4.78, 5) is 4.09. The van der Waals surface area contributed by atoms with Crippen LogP contribution in [0, 0.1) is 5.82 Å². The lowest BCUT2D eigenvalue weighted by molar-refractivity contribution is -0.136. The molecule has 0 spiro atoms. The first-order valence-corrected chi connectivity index (χ1v) is 8.04. The van der Waals surface area contributed by atoms with Gasteiger partial charge in [-0.15, -0.1) is 5.10 Å². The number of nitrogens with zero attached hydrogens (tertiary/aromatic N) is 3. The highest BCUT2D eigenvalue weighted by Crippen LogP contribution is 2.35. The van der Waals surface area contributed by atoms with Crippen LogP contribution in [0.5, 0.6) is 0 Å². The summed E-state index contributed by atoms with van der Waals surface area (Å²) in [7, 11) is 0. The van der Waals surface area contributed by atoms with Crippen LogP contribution in [0.25, 0.3) is 0 Å². The molecule has 1 aromatic heterocycles. The zero-order chi connectivity index (χ0) is 19.3. The van der Waals surface area contributed by atoms with E-state index in [1.165, 1.54) is 30.5 Å². The van der Waals surface area contributed by atoms with E-state index >= 15 is 0 Å². The van der Waals surface area contributed by atoms with Crippen molar-refractivity contribution >= 4 is 17.5 Å². The highest BCUT2D eigenvalue weighted by molar-refractivity contribution is 5.61. The summed E-state index contributed by atoms with van der Waals surface area (Å²) >= 11 is 0. The minimum atomic E-state index is -4.50. The van der Waals surface area contributed by atoms with Gasteiger partial charge in [0.25, 0.3) is 0 Å². The van der Waals surface area contributed by atoms with Crippen LogP contribution in [0.2, 0.25) is 0 Å². The molecule has 0 saturated carbocycles. The van der Waals surface area contributed by atoms with Gasteiger partial charge < -0.3 is 10.6 Å². The Bertz CT molecular complexity index is 914. The SMILES string of the molecule is Fc1ccccc1CCNc1nncc(Nc2ccccc2C(F)(F)F)n1. The van der Waals surface area contributed by atoms with E-state index < -0.39 is 11.7 Å². The maximum atomic E-state index is 13.6. The van der Waals surface area contributed by atoms with Gasteiger partial charge in [-0.1, -0.05) is 30.3 Å². The van der Waals surface area contributed by atoms with Crippen molar-refractivity contribution in [2.75, 3.05) is 17.2 Å². The number of rotatable bonds is 6. The Hall–Kier alpha value is -3.23. The summed E-state index contributed by atoms with van der Waals surface area (Å²) in [5.74, 6) is -0.0755. The van der Waals surface area contributed by atoms with Crippen LogP contribution in [-0.4, -0.2) is 21.7 Å². The number of anilines is 3. The lowest BCUT2D eigenvalue weighted by atomic mass is 10.1. The van der Waals surface area contributed by atoms with E-state index in [9.17, 15) is 17.6 Å². The molecule has 27 heavy (non-hydrogen) atoms. The molecule has 0 aliphatic rings. The van der Waals surface area contributed by atoms with Gasteiger partial charge in [0.2, 0.25) is 5.95 Å². The number of nitrogens with one attached hydrogen (secondary N) is 2. The van der Waals surface area contributed by atoms with Crippen molar-refractivity contribution in [3.63, 3.8) is 0 Å². The van der Waals surface area contributed by atoms with Crippen LogP contribution in [0.15, 0.2) is 54.7 Å². The van der Waals surface area contributed by atoms with Crippen molar-refractivity contribution in [2.45, 2.75) is 12.6 Å². The summed E-state index contributed by atoms with van der Waals surface area (Å²) < 4.78 is 52.8. The Balaban J connectivity index is 1.67. The molecule has 140 valence electrons. The first-order chi connectivity index (χ1) is 12.9. The smallest absolute Gasteiger partial charge is 0.353 e. The summed E-state index contributed by atoms with van der Waals surface area (Å²) in [6, 6.07) is 11.5. The van der Waals surface area contributed by atoms with Gasteiger partial charge in [0.15, 0.2) is 5.82 Å². The second kappa shape index (κ2) is 7.98. The van der Waals surface area contributed by atoms with Crippen molar-refractivity contribution in [2.24, 2.45) is 0 Å². The van der Waals surface area contributed by atoms with Crippen LogP contribution in [0.4, 0.5) is 35.0 Å². The van der Waals surface area contributed by atoms with Crippen molar-refractivity contribution < 1.29 is 17.6 Å². The molecular weight excluding hydrogens is 362 g/mol. The number of benzene rings is 2. The molecule has 0 bridgehead atoms. The highest BCUT2D eigenvalue weighted by Gasteiger charge is 2.33. The molecule has 2 aromatic carbocycles. The van der Waals surface area contributed by atoms with E-state index in [1.807, 2.05) is 0 Å². The van der Waals surface area contributed by atoms with E-state index in [-0.39, 0.29) is 23.3 Å². The summed E-state index contributed by atoms with van der Waals surface area (Å²) in [6.45, 7) is 0.338. The van der Waals surface area contributed by atoms with Gasteiger partial charge in [0.05, 0.1) is 17.4 Å². The molecule has 0 amide bonds. The average Bonchev–Trinajstić information content (AvgIpc) is 2.63. The van der Waals surface area contributed by atoms with Crippen molar-refractivity contribution in [1.82, 2.24) is 15.2 Å². The van der Waals surface area contributed by atoms with Gasteiger partial charge in [0, 0.05) is 6.54 Å². The fraction of sp³-hybridized carbons (Fsp3) is 0.167. The largest absolute Gasteiger partial charge is 0.418 e. The highest BCUT2D eigenvalue weighted by atomic mass is 19.4. The Morgan fingerprint density at radius 1 is 0.963 bits per heavy atom. The zero-order valence-electron chi connectivity index (χ0n) is 14.0. The van der Waals surface area contributed by atoms with Crippen LogP contribution < -0.4 is 10.6 Å². The Labute approximate surface area is 152 Å². The fourth-order valence-corrected chi connectivity index (χ4v) is 2.43. The van der Waals surface area contributed by atoms with Crippen LogP contribution in [0.3, 0.4) is 0 Å². The summed E-state index contributed by atoms with van der Waals surface area (Å²) in [6.07, 6.45) is -2.88. The van der Waals surface area contributed by atoms with Crippen LogP contribution in [-0.2, 0) is 12.6 Å². The topological polar surface area (TPSA) is 62.7 Å². The molecule has 0 radical (unpaired) electrons. The van der Waals surface area contributed by atoms with E-state index in [0.717, 1.165) is 6.07 Å². The van der Waals surface area contributed by atoms with Gasteiger partial charge in [-0.3, -0.25) is 0 Å². The summed E-state index contributed by atoms with van der Waals surface area (Å²) in [5, 5.41) is 13.0. The fourth-order valence-electron chi connectivity index (χ4n) is 2.43. The normalized spacial score (nSPS) is 11.3. The molecule has 2 N–H and O–H groups in total. The van der Waals surface area contributed by atoms with Crippen LogP contribution in [0.1, 0.15) is 11.1 Å². The minimum Gasteiger partial charge on any atom is -0.353 e. The Kier molecular flexibility index (Phi) is 5.49. The number of hydrogen-bond donors (Lipinski definition) is 2. The second-order valence-corrected chi connectivity index (χ2v) is 5.60. The van der Waals surface area contributed by atoms with Crippen molar-refractivity contribution in [3.8, 4) is 0 Å². The first-order valence-electron chi connectivity index (χ1n) is 8.04. The van der Waals surface area contributed by atoms with Crippen molar-refractivity contribution in [1.29, 1.82) is 0 Å². The molecule has 0 aliphatic heterocycles. The van der Waals surface area contributed by atoms with Gasteiger partial charge in [-0.05, 0) is 30.2 Å². The van der Waals surface area contributed by atoms with E-state index in [2.05, 4.69) is 25.8 Å². The predicted octanol–water partition coefficient (Wildman–Crippen LogP) is 4.43. The standard InChI is InChI=1S/C18H15F4N5/c19-14-7-3-1-5-12(14)9-10-23-17-26-16(11-24-27-17)25-15-8-4-2-6-13(15)18(20,21)22/h1-8,11H,9-10H2,(H2,23,25,26,27). The van der Waals surface area contributed by atoms with Crippen molar-refractivity contribution in [3.05, 3.63) is 71.7 Å². The van der Waals surface area contributed by atoms with Gasteiger partial charge in [-0.2, -0.15) is 23.3 Å². The Morgan fingerprint density at radius 3 is 2.48 bits per heavy atom. The molecule has 5 nitrogen and oxygen atoms in total. The van der Waals surface area contributed by atoms with E-state index in [4.69, 9.17) is 0 Å². The van der Waals surface area contributed by atoms with Gasteiger partial charge in [0.1, 0.15) is 5.82 Å². The lowest BCUT2D eigenvalue weighted by Crippen LogP contribution is -2.12. The molecule has 0 fully saturated rings. The number of aromatic nitrogens is 3. The molecule has 0 unspecified atom stereocenters. The third kappa shape index (κ3) is 4.90. The number of para-hydroxylation sites is 1. The first kappa shape index (κ1) is 18.6. The van der Waals surface area contributed by atoms with Crippen LogP contribution >= 0.6 is 0 Å². The molecule has 0 atom stereocenters. The summed E-state index contributed by atoms with van der Waals surface area (Å²) in [5.41, 5.74) is -0.410. The number of halogens is 4.